The van der Waals surface area contributed by atoms with Crippen molar-refractivity contribution in [3.8, 4) is 0 Å². The fraction of sp³-hybridized carbons (Fsp3) is 0.462. The number of halogens is 1. The van der Waals surface area contributed by atoms with Gasteiger partial charge < -0.3 is 4.74 Å². The van der Waals surface area contributed by atoms with Gasteiger partial charge in [0.25, 0.3) is 0 Å². The van der Waals surface area contributed by atoms with Crippen molar-refractivity contribution in [1.82, 2.24) is 4.72 Å². The van der Waals surface area contributed by atoms with Crippen LogP contribution in [0.4, 0.5) is 0 Å². The summed E-state index contributed by atoms with van der Waals surface area (Å²) in [6.45, 7) is 3.81. The minimum atomic E-state index is -3.76. The molecule has 1 N–H and O–H groups in total. The van der Waals surface area contributed by atoms with Crippen molar-refractivity contribution in [2.24, 2.45) is 5.92 Å². The van der Waals surface area contributed by atoms with E-state index in [1.54, 1.807) is 12.1 Å². The SMILES string of the molecule is COC(=O)[C@H](CC(C)C)NS(=O)(=O)c1cccc(Br)c1. The number of hydrogen-bond donors (Lipinski definition) is 1. The molecule has 0 amide bonds. The smallest absolute Gasteiger partial charge is 0.323 e. The second-order valence-corrected chi connectivity index (χ2v) is 7.41. The highest BCUT2D eigenvalue weighted by Gasteiger charge is 2.27. The molecule has 0 aliphatic carbocycles. The van der Waals surface area contributed by atoms with E-state index in [0.717, 1.165) is 0 Å². The third-order valence-electron chi connectivity index (χ3n) is 2.60. The molecular weight excluding hydrogens is 346 g/mol. The highest BCUT2D eigenvalue weighted by Crippen LogP contribution is 2.17. The summed E-state index contributed by atoms with van der Waals surface area (Å²) in [5.74, 6) is -0.429. The fourth-order valence-electron chi connectivity index (χ4n) is 1.70. The van der Waals surface area contributed by atoms with Gasteiger partial charge in [0.2, 0.25) is 10.0 Å². The van der Waals surface area contributed by atoms with Crippen LogP contribution in [0.2, 0.25) is 0 Å². The molecule has 0 aromatic heterocycles. The molecule has 1 atom stereocenters. The molecule has 0 bridgehead atoms. The average molecular weight is 364 g/mol. The zero-order chi connectivity index (χ0) is 15.3. The van der Waals surface area contributed by atoms with Crippen LogP contribution in [-0.4, -0.2) is 27.5 Å². The monoisotopic (exact) mass is 363 g/mol. The van der Waals surface area contributed by atoms with Crippen LogP contribution in [-0.2, 0) is 19.6 Å². The molecule has 0 saturated heterocycles. The van der Waals surface area contributed by atoms with E-state index in [0.29, 0.717) is 10.9 Å². The van der Waals surface area contributed by atoms with Gasteiger partial charge in [0.05, 0.1) is 12.0 Å². The molecule has 0 unspecified atom stereocenters. The first kappa shape index (κ1) is 17.1. The molecule has 0 heterocycles. The van der Waals surface area contributed by atoms with E-state index in [4.69, 9.17) is 0 Å². The lowest BCUT2D eigenvalue weighted by Crippen LogP contribution is -2.42. The largest absolute Gasteiger partial charge is 0.468 e. The molecule has 1 aromatic carbocycles. The number of benzene rings is 1. The third-order valence-corrected chi connectivity index (χ3v) is 4.56. The van der Waals surface area contributed by atoms with E-state index >= 15 is 0 Å². The van der Waals surface area contributed by atoms with E-state index in [2.05, 4.69) is 25.4 Å². The first-order valence-electron chi connectivity index (χ1n) is 6.12. The summed E-state index contributed by atoms with van der Waals surface area (Å²) in [7, 11) is -2.52. The maximum absolute atomic E-state index is 12.3. The van der Waals surface area contributed by atoms with Gasteiger partial charge in [0.1, 0.15) is 6.04 Å². The zero-order valence-electron chi connectivity index (χ0n) is 11.6. The van der Waals surface area contributed by atoms with Gasteiger partial charge in [-0.05, 0) is 30.5 Å². The van der Waals surface area contributed by atoms with Gasteiger partial charge in [-0.1, -0.05) is 35.8 Å². The Bertz CT molecular complexity index is 571. The lowest BCUT2D eigenvalue weighted by atomic mass is 10.1. The highest BCUT2D eigenvalue weighted by atomic mass is 79.9. The lowest BCUT2D eigenvalue weighted by molar-refractivity contribution is -0.143. The van der Waals surface area contributed by atoms with Gasteiger partial charge >= 0.3 is 5.97 Å². The molecule has 0 fully saturated rings. The predicted octanol–water partition coefficient (Wildman–Crippen LogP) is 2.32. The Labute approximate surface area is 127 Å². The summed E-state index contributed by atoms with van der Waals surface area (Å²) in [6.07, 6.45) is 0.375. The van der Waals surface area contributed by atoms with Gasteiger partial charge in [-0.3, -0.25) is 4.79 Å². The van der Waals surface area contributed by atoms with Crippen molar-refractivity contribution in [3.05, 3.63) is 28.7 Å². The molecule has 1 rings (SSSR count). The molecule has 112 valence electrons. The van der Waals surface area contributed by atoms with Crippen LogP contribution in [0.15, 0.2) is 33.6 Å². The van der Waals surface area contributed by atoms with Crippen LogP contribution in [0.3, 0.4) is 0 Å². The number of sulfonamides is 1. The van der Waals surface area contributed by atoms with Crippen LogP contribution in [0.1, 0.15) is 20.3 Å². The molecular formula is C13H18BrNO4S. The summed E-state index contributed by atoms with van der Waals surface area (Å²) in [5, 5.41) is 0. The van der Waals surface area contributed by atoms with E-state index in [9.17, 15) is 13.2 Å². The van der Waals surface area contributed by atoms with E-state index in [1.165, 1.54) is 19.2 Å². The van der Waals surface area contributed by atoms with Gasteiger partial charge in [-0.2, -0.15) is 4.72 Å². The molecule has 0 aliphatic rings. The molecule has 1 aromatic rings. The van der Waals surface area contributed by atoms with Crippen molar-refractivity contribution >= 4 is 31.9 Å². The maximum Gasteiger partial charge on any atom is 0.323 e. The van der Waals surface area contributed by atoms with Gasteiger partial charge in [0, 0.05) is 4.47 Å². The van der Waals surface area contributed by atoms with Gasteiger partial charge in [-0.25, -0.2) is 8.42 Å². The van der Waals surface area contributed by atoms with Crippen molar-refractivity contribution < 1.29 is 17.9 Å². The third kappa shape index (κ3) is 4.88. The molecule has 0 saturated carbocycles. The number of esters is 1. The average Bonchev–Trinajstić information content (AvgIpc) is 2.36. The zero-order valence-corrected chi connectivity index (χ0v) is 14.0. The number of hydrogen-bond acceptors (Lipinski definition) is 4. The van der Waals surface area contributed by atoms with Gasteiger partial charge in [0.15, 0.2) is 0 Å². The minimum absolute atomic E-state index is 0.101. The van der Waals surface area contributed by atoms with Crippen molar-refractivity contribution in [3.63, 3.8) is 0 Å². The highest BCUT2D eigenvalue weighted by molar-refractivity contribution is 9.10. The van der Waals surface area contributed by atoms with Crippen LogP contribution < -0.4 is 4.72 Å². The van der Waals surface area contributed by atoms with E-state index < -0.39 is 22.0 Å². The summed E-state index contributed by atoms with van der Waals surface area (Å²) in [6, 6.07) is 5.41. The number of ether oxygens (including phenoxy) is 1. The molecule has 5 nitrogen and oxygen atoms in total. The molecule has 7 heteroatoms. The Kier molecular flexibility index (Phi) is 6.16. The first-order valence-corrected chi connectivity index (χ1v) is 8.39. The topological polar surface area (TPSA) is 72.5 Å². The number of carbonyl (C=O) groups is 1. The number of carbonyl (C=O) groups excluding carboxylic acids is 1. The lowest BCUT2D eigenvalue weighted by Gasteiger charge is -2.18. The second-order valence-electron chi connectivity index (χ2n) is 4.78. The Morgan fingerprint density at radius 1 is 1.40 bits per heavy atom. The van der Waals surface area contributed by atoms with Crippen molar-refractivity contribution in [2.75, 3.05) is 7.11 Å². The van der Waals surface area contributed by atoms with Crippen molar-refractivity contribution in [1.29, 1.82) is 0 Å². The molecule has 0 radical (unpaired) electrons. The number of rotatable bonds is 6. The van der Waals surface area contributed by atoms with Gasteiger partial charge in [-0.15, -0.1) is 0 Å². The Morgan fingerprint density at radius 3 is 2.55 bits per heavy atom. The maximum atomic E-state index is 12.3. The number of nitrogens with one attached hydrogen (secondary N) is 1. The number of methoxy groups -OCH3 is 1. The van der Waals surface area contributed by atoms with E-state index in [-0.39, 0.29) is 10.8 Å². The Balaban J connectivity index is 2.99. The van der Waals surface area contributed by atoms with Crippen LogP contribution in [0, 0.1) is 5.92 Å². The Morgan fingerprint density at radius 2 is 2.05 bits per heavy atom. The standard InChI is InChI=1S/C13H18BrNO4S/c1-9(2)7-12(13(16)19-3)15-20(17,18)11-6-4-5-10(14)8-11/h4-6,8-9,12,15H,7H2,1-3H3/t12-/m0/s1. The molecule has 20 heavy (non-hydrogen) atoms. The van der Waals surface area contributed by atoms with Crippen molar-refractivity contribution in [2.45, 2.75) is 31.2 Å². The summed E-state index contributed by atoms with van der Waals surface area (Å²) in [4.78, 5) is 11.8. The first-order chi connectivity index (χ1) is 9.26. The fourth-order valence-corrected chi connectivity index (χ4v) is 3.49. The predicted molar refractivity (Wildman–Crippen MR) is 79.7 cm³/mol. The minimum Gasteiger partial charge on any atom is -0.468 e. The summed E-state index contributed by atoms with van der Waals surface area (Å²) in [5.41, 5.74) is 0. The van der Waals surface area contributed by atoms with Crippen LogP contribution >= 0.6 is 15.9 Å². The second kappa shape index (κ2) is 7.19. The summed E-state index contributed by atoms with van der Waals surface area (Å²) >= 11 is 3.22. The summed E-state index contributed by atoms with van der Waals surface area (Å²) < 4.78 is 32.2. The Hall–Kier alpha value is -0.920. The van der Waals surface area contributed by atoms with E-state index in [1.807, 2.05) is 13.8 Å². The van der Waals surface area contributed by atoms with Crippen LogP contribution in [0.25, 0.3) is 0 Å². The molecule has 0 spiro atoms. The van der Waals surface area contributed by atoms with Crippen LogP contribution in [0.5, 0.6) is 0 Å². The molecule has 0 aliphatic heterocycles. The normalized spacial score (nSPS) is 13.2. The quantitative estimate of drug-likeness (QED) is 0.787.